The van der Waals surface area contributed by atoms with Crippen LogP contribution in [-0.2, 0) is 10.0 Å². The first-order valence-electron chi connectivity index (χ1n) is 7.99. The van der Waals surface area contributed by atoms with Crippen molar-refractivity contribution in [1.29, 1.82) is 0 Å². The zero-order chi connectivity index (χ0) is 17.0. The summed E-state index contributed by atoms with van der Waals surface area (Å²) in [7, 11) is -3.76. The minimum atomic E-state index is -3.76. The number of benzene rings is 1. The summed E-state index contributed by atoms with van der Waals surface area (Å²) in [6.45, 7) is 3.94. The fourth-order valence-electron chi connectivity index (χ4n) is 2.69. The number of nitrogens with one attached hydrogen (secondary N) is 2. The van der Waals surface area contributed by atoms with Crippen molar-refractivity contribution >= 4 is 21.7 Å². The maximum atomic E-state index is 12.7. The molecule has 0 amide bonds. The van der Waals surface area contributed by atoms with Gasteiger partial charge in [0.15, 0.2) is 0 Å². The number of carboxylic acid groups (broad SMARTS) is 1. The minimum absolute atomic E-state index is 0.00426. The molecule has 0 radical (unpaired) electrons. The average Bonchev–Trinajstić information content (AvgIpc) is 2.99. The topological polar surface area (TPSA) is 95.5 Å². The average molecular weight is 340 g/mol. The lowest BCUT2D eigenvalue weighted by atomic mass is 10.2. The van der Waals surface area contributed by atoms with Crippen LogP contribution in [0.5, 0.6) is 0 Å². The molecule has 7 heteroatoms. The Hall–Kier alpha value is -1.60. The lowest BCUT2D eigenvalue weighted by Gasteiger charge is -2.19. The van der Waals surface area contributed by atoms with Gasteiger partial charge in [0.05, 0.1) is 11.3 Å². The van der Waals surface area contributed by atoms with Crippen LogP contribution in [0.15, 0.2) is 23.1 Å². The summed E-state index contributed by atoms with van der Waals surface area (Å²) in [5.41, 5.74) is 0.404. The van der Waals surface area contributed by atoms with E-state index in [2.05, 4.69) is 10.0 Å². The van der Waals surface area contributed by atoms with Crippen LogP contribution in [-0.4, -0.2) is 31.6 Å². The van der Waals surface area contributed by atoms with Gasteiger partial charge in [-0.05, 0) is 44.4 Å². The number of sulfonamides is 1. The molecule has 1 aromatic carbocycles. The molecule has 1 atom stereocenters. The van der Waals surface area contributed by atoms with Gasteiger partial charge in [0, 0.05) is 12.1 Å². The molecule has 1 unspecified atom stereocenters. The normalized spacial score (nSPS) is 17.1. The number of carbonyl (C=O) groups is 1. The number of carboxylic acids is 1. The summed E-state index contributed by atoms with van der Waals surface area (Å²) in [5.74, 6) is -1.14. The molecule has 3 N–H and O–H groups in total. The molecule has 1 aliphatic rings. The molecule has 6 nitrogen and oxygen atoms in total. The van der Waals surface area contributed by atoms with Gasteiger partial charge in [-0.1, -0.05) is 19.8 Å². The van der Waals surface area contributed by atoms with Gasteiger partial charge in [-0.25, -0.2) is 17.9 Å². The maximum Gasteiger partial charge on any atom is 0.335 e. The Morgan fingerprint density at radius 2 is 2.00 bits per heavy atom. The quantitative estimate of drug-likeness (QED) is 0.709. The molecule has 0 aliphatic heterocycles. The SMILES string of the molecule is CCC(C)Nc1ccc(C(=O)O)cc1S(=O)(=O)NC1CCCC1. The fourth-order valence-corrected chi connectivity index (χ4v) is 4.19. The van der Waals surface area contributed by atoms with Crippen LogP contribution in [0, 0.1) is 0 Å². The van der Waals surface area contributed by atoms with Gasteiger partial charge in [-0.15, -0.1) is 0 Å². The van der Waals surface area contributed by atoms with Gasteiger partial charge in [0.25, 0.3) is 0 Å². The summed E-state index contributed by atoms with van der Waals surface area (Å²) < 4.78 is 28.1. The van der Waals surface area contributed by atoms with E-state index >= 15 is 0 Å². The predicted octanol–water partition coefficient (Wildman–Crippen LogP) is 2.82. The van der Waals surface area contributed by atoms with Crippen molar-refractivity contribution in [3.63, 3.8) is 0 Å². The third kappa shape index (κ3) is 4.45. The molecule has 0 spiro atoms. The monoisotopic (exact) mass is 340 g/mol. The number of rotatable bonds is 7. The predicted molar refractivity (Wildman–Crippen MR) is 89.4 cm³/mol. The van der Waals surface area contributed by atoms with Gasteiger partial charge in [-0.3, -0.25) is 0 Å². The number of hydrogen-bond donors (Lipinski definition) is 3. The molecule has 1 fully saturated rings. The van der Waals surface area contributed by atoms with Crippen LogP contribution < -0.4 is 10.0 Å². The molecule has 1 aromatic rings. The summed E-state index contributed by atoms with van der Waals surface area (Å²) in [4.78, 5) is 11.2. The van der Waals surface area contributed by atoms with E-state index < -0.39 is 16.0 Å². The zero-order valence-corrected chi connectivity index (χ0v) is 14.3. The Kier molecular flexibility index (Phi) is 5.64. The zero-order valence-electron chi connectivity index (χ0n) is 13.5. The Morgan fingerprint density at radius 1 is 1.35 bits per heavy atom. The second-order valence-electron chi connectivity index (χ2n) is 6.07. The molecule has 0 saturated heterocycles. The number of hydrogen-bond acceptors (Lipinski definition) is 4. The van der Waals surface area contributed by atoms with Crippen LogP contribution >= 0.6 is 0 Å². The molecule has 2 rings (SSSR count). The fraction of sp³-hybridized carbons (Fsp3) is 0.562. The minimum Gasteiger partial charge on any atom is -0.478 e. The van der Waals surface area contributed by atoms with Crippen molar-refractivity contribution in [2.24, 2.45) is 0 Å². The smallest absolute Gasteiger partial charge is 0.335 e. The third-order valence-electron chi connectivity index (χ3n) is 4.21. The van der Waals surface area contributed by atoms with Crippen molar-refractivity contribution in [3.05, 3.63) is 23.8 Å². The van der Waals surface area contributed by atoms with Crippen LogP contribution in [0.1, 0.15) is 56.3 Å². The molecule has 1 saturated carbocycles. The van der Waals surface area contributed by atoms with Crippen LogP contribution in [0.4, 0.5) is 5.69 Å². The number of anilines is 1. The van der Waals surface area contributed by atoms with E-state index in [0.717, 1.165) is 32.1 Å². The van der Waals surface area contributed by atoms with Crippen LogP contribution in [0.25, 0.3) is 0 Å². The second kappa shape index (κ2) is 7.31. The van der Waals surface area contributed by atoms with Crippen molar-refractivity contribution in [3.8, 4) is 0 Å². The second-order valence-corrected chi connectivity index (χ2v) is 7.75. The largest absolute Gasteiger partial charge is 0.478 e. The van der Waals surface area contributed by atoms with E-state index in [1.165, 1.54) is 18.2 Å². The van der Waals surface area contributed by atoms with Gasteiger partial charge in [0.2, 0.25) is 10.0 Å². The summed E-state index contributed by atoms with van der Waals surface area (Å²) in [6, 6.07) is 4.20. The Balaban J connectivity index is 2.38. The standard InChI is InChI=1S/C16H24N2O4S/c1-3-11(2)17-14-9-8-12(16(19)20)10-15(14)23(21,22)18-13-6-4-5-7-13/h8-11,13,17-18H,3-7H2,1-2H3,(H,19,20). The van der Waals surface area contributed by atoms with E-state index in [-0.39, 0.29) is 22.5 Å². The van der Waals surface area contributed by atoms with E-state index in [1.807, 2.05) is 13.8 Å². The Labute approximate surface area is 137 Å². The summed E-state index contributed by atoms with van der Waals surface area (Å²) in [6.07, 6.45) is 4.51. The first-order chi connectivity index (χ1) is 10.8. The Bertz CT molecular complexity index is 667. The van der Waals surface area contributed by atoms with Gasteiger partial charge in [-0.2, -0.15) is 0 Å². The molecule has 23 heavy (non-hydrogen) atoms. The molecular formula is C16H24N2O4S. The summed E-state index contributed by atoms with van der Waals surface area (Å²) >= 11 is 0. The highest BCUT2D eigenvalue weighted by Gasteiger charge is 2.26. The van der Waals surface area contributed by atoms with Crippen molar-refractivity contribution < 1.29 is 18.3 Å². The van der Waals surface area contributed by atoms with Gasteiger partial charge >= 0.3 is 5.97 Å². The molecule has 1 aliphatic carbocycles. The van der Waals surface area contributed by atoms with E-state index in [1.54, 1.807) is 0 Å². The lowest BCUT2D eigenvalue weighted by molar-refractivity contribution is 0.0696. The third-order valence-corrected chi connectivity index (χ3v) is 5.77. The highest BCUT2D eigenvalue weighted by molar-refractivity contribution is 7.89. The lowest BCUT2D eigenvalue weighted by Crippen LogP contribution is -2.33. The maximum absolute atomic E-state index is 12.7. The Morgan fingerprint density at radius 3 is 2.57 bits per heavy atom. The first-order valence-corrected chi connectivity index (χ1v) is 9.48. The summed E-state index contributed by atoms with van der Waals surface area (Å²) in [5, 5.41) is 12.3. The first kappa shape index (κ1) is 17.7. The van der Waals surface area contributed by atoms with Crippen molar-refractivity contribution in [1.82, 2.24) is 4.72 Å². The van der Waals surface area contributed by atoms with E-state index in [4.69, 9.17) is 5.11 Å². The van der Waals surface area contributed by atoms with E-state index in [9.17, 15) is 13.2 Å². The highest BCUT2D eigenvalue weighted by atomic mass is 32.2. The molecule has 0 aromatic heterocycles. The van der Waals surface area contributed by atoms with Gasteiger partial charge < -0.3 is 10.4 Å². The van der Waals surface area contributed by atoms with Crippen LogP contribution in [0.2, 0.25) is 0 Å². The van der Waals surface area contributed by atoms with Crippen molar-refractivity contribution in [2.75, 3.05) is 5.32 Å². The molecule has 0 heterocycles. The molecule has 0 bridgehead atoms. The molecular weight excluding hydrogens is 316 g/mol. The van der Waals surface area contributed by atoms with Crippen molar-refractivity contribution in [2.45, 2.75) is 62.9 Å². The highest BCUT2D eigenvalue weighted by Crippen LogP contribution is 2.26. The van der Waals surface area contributed by atoms with Gasteiger partial charge in [0.1, 0.15) is 4.90 Å². The molecule has 128 valence electrons. The van der Waals surface area contributed by atoms with E-state index in [0.29, 0.717) is 5.69 Å². The van der Waals surface area contributed by atoms with Crippen LogP contribution in [0.3, 0.4) is 0 Å². The number of aromatic carboxylic acids is 1.